The fourth-order valence-electron chi connectivity index (χ4n) is 1.54. The quantitative estimate of drug-likeness (QED) is 0.686. The van der Waals surface area contributed by atoms with Gasteiger partial charge in [0.2, 0.25) is 5.89 Å². The number of benzene rings is 1. The van der Waals surface area contributed by atoms with E-state index in [9.17, 15) is 0 Å². The van der Waals surface area contributed by atoms with E-state index in [-0.39, 0.29) is 5.41 Å². The summed E-state index contributed by atoms with van der Waals surface area (Å²) in [4.78, 5) is 5.46. The largest absolute Gasteiger partial charge is 0.398 e. The predicted octanol–water partition coefficient (Wildman–Crippen LogP) is 3.55. The normalized spacial score (nSPS) is 11.8. The molecular weight excluding hydrogens is 258 g/mol. The Balaban J connectivity index is 2.07. The van der Waals surface area contributed by atoms with Crippen LogP contribution in [-0.4, -0.2) is 10.1 Å². The third kappa shape index (κ3) is 3.29. The molecule has 1 aromatic heterocycles. The summed E-state index contributed by atoms with van der Waals surface area (Å²) in [6.07, 6.45) is 0. The van der Waals surface area contributed by atoms with Crippen LogP contribution in [0.3, 0.4) is 0 Å². The molecule has 2 aromatic rings. The Hall–Kier alpha value is -1.49. The molecule has 0 spiro atoms. The molecule has 1 heterocycles. The third-order valence-electron chi connectivity index (χ3n) is 2.77. The Morgan fingerprint density at radius 2 is 2.05 bits per heavy atom. The number of hydrogen-bond donors (Lipinski definition) is 1. The first-order chi connectivity index (χ1) is 8.88. The third-order valence-corrected chi connectivity index (χ3v) is 3.83. The van der Waals surface area contributed by atoms with E-state index in [1.807, 2.05) is 25.1 Å². The second-order valence-corrected chi connectivity index (χ2v) is 6.55. The fourth-order valence-corrected chi connectivity index (χ4v) is 2.42. The lowest BCUT2D eigenvalue weighted by Gasteiger charge is -2.10. The second-order valence-electron chi connectivity index (χ2n) is 5.54. The van der Waals surface area contributed by atoms with Gasteiger partial charge in [0.05, 0.1) is 5.75 Å². The van der Waals surface area contributed by atoms with Gasteiger partial charge in [-0.2, -0.15) is 4.98 Å². The van der Waals surface area contributed by atoms with Gasteiger partial charge in [-0.15, -0.1) is 11.8 Å². The summed E-state index contributed by atoms with van der Waals surface area (Å²) in [5, 5.41) is 4.01. The van der Waals surface area contributed by atoms with Crippen LogP contribution in [0.1, 0.15) is 38.0 Å². The van der Waals surface area contributed by atoms with Crippen LogP contribution in [0.5, 0.6) is 0 Å². The first-order valence-electron chi connectivity index (χ1n) is 6.19. The number of nitrogens with zero attached hydrogens (tertiary/aromatic N) is 2. The highest BCUT2D eigenvalue weighted by atomic mass is 32.2. The van der Waals surface area contributed by atoms with E-state index in [4.69, 9.17) is 10.3 Å². The van der Waals surface area contributed by atoms with E-state index < -0.39 is 0 Å². The van der Waals surface area contributed by atoms with E-state index in [0.717, 1.165) is 22.0 Å². The highest BCUT2D eigenvalue weighted by Crippen LogP contribution is 2.30. The molecule has 5 heteroatoms. The van der Waals surface area contributed by atoms with Gasteiger partial charge in [0.1, 0.15) is 0 Å². The molecule has 0 saturated heterocycles. The molecule has 0 fully saturated rings. The van der Waals surface area contributed by atoms with Gasteiger partial charge in [0.15, 0.2) is 5.82 Å². The van der Waals surface area contributed by atoms with Gasteiger partial charge in [-0.1, -0.05) is 38.1 Å². The van der Waals surface area contributed by atoms with Gasteiger partial charge in [0, 0.05) is 16.0 Å². The lowest BCUT2D eigenvalue weighted by atomic mass is 9.96. The van der Waals surface area contributed by atoms with Gasteiger partial charge < -0.3 is 10.3 Å². The smallest absolute Gasteiger partial charge is 0.237 e. The summed E-state index contributed by atoms with van der Waals surface area (Å²) in [7, 11) is 0. The topological polar surface area (TPSA) is 64.9 Å². The maximum atomic E-state index is 6.03. The van der Waals surface area contributed by atoms with Crippen molar-refractivity contribution in [1.82, 2.24) is 10.1 Å². The Morgan fingerprint density at radius 3 is 2.68 bits per heavy atom. The summed E-state index contributed by atoms with van der Waals surface area (Å²) in [6, 6.07) is 6.01. The van der Waals surface area contributed by atoms with Crippen LogP contribution in [0.25, 0.3) is 0 Å². The molecule has 0 amide bonds. The minimum atomic E-state index is -0.0885. The SMILES string of the molecule is Cc1cccc(SCc2nc(C(C)(C)C)no2)c1N. The van der Waals surface area contributed by atoms with Crippen molar-refractivity contribution in [2.75, 3.05) is 5.73 Å². The Labute approximate surface area is 117 Å². The summed E-state index contributed by atoms with van der Waals surface area (Å²) < 4.78 is 5.26. The average molecular weight is 277 g/mol. The Kier molecular flexibility index (Phi) is 3.85. The number of aromatic nitrogens is 2. The van der Waals surface area contributed by atoms with Gasteiger partial charge >= 0.3 is 0 Å². The molecule has 0 aliphatic heterocycles. The van der Waals surface area contributed by atoms with Crippen LogP contribution in [0, 0.1) is 6.92 Å². The lowest BCUT2D eigenvalue weighted by molar-refractivity contribution is 0.373. The first kappa shape index (κ1) is 13.9. The number of anilines is 1. The van der Waals surface area contributed by atoms with Crippen LogP contribution in [0.4, 0.5) is 5.69 Å². The van der Waals surface area contributed by atoms with Crippen molar-refractivity contribution in [3.63, 3.8) is 0 Å². The molecule has 0 bridgehead atoms. The predicted molar refractivity (Wildman–Crippen MR) is 78.2 cm³/mol. The highest BCUT2D eigenvalue weighted by molar-refractivity contribution is 7.98. The molecule has 2 N–H and O–H groups in total. The Morgan fingerprint density at radius 1 is 1.32 bits per heavy atom. The number of aryl methyl sites for hydroxylation is 1. The number of para-hydroxylation sites is 1. The van der Waals surface area contributed by atoms with Crippen molar-refractivity contribution in [2.45, 2.75) is 43.8 Å². The number of nitrogens with two attached hydrogens (primary N) is 1. The van der Waals surface area contributed by atoms with Gasteiger partial charge in [-0.05, 0) is 18.6 Å². The molecule has 4 nitrogen and oxygen atoms in total. The maximum absolute atomic E-state index is 6.03. The standard InChI is InChI=1S/C14H19N3OS/c1-9-6-5-7-10(12(9)15)19-8-11-16-13(17-18-11)14(2,3)4/h5-7H,8,15H2,1-4H3. The van der Waals surface area contributed by atoms with Crippen LogP contribution < -0.4 is 5.73 Å². The van der Waals surface area contributed by atoms with Gasteiger partial charge in [0.25, 0.3) is 0 Å². The highest BCUT2D eigenvalue weighted by Gasteiger charge is 2.20. The van der Waals surface area contributed by atoms with Gasteiger partial charge in [-0.3, -0.25) is 0 Å². The molecule has 2 rings (SSSR count). The lowest BCUT2D eigenvalue weighted by Crippen LogP contribution is -2.13. The number of hydrogen-bond acceptors (Lipinski definition) is 5. The molecule has 19 heavy (non-hydrogen) atoms. The van der Waals surface area contributed by atoms with Crippen molar-refractivity contribution in [2.24, 2.45) is 0 Å². The van der Waals surface area contributed by atoms with Crippen molar-refractivity contribution >= 4 is 17.4 Å². The monoisotopic (exact) mass is 277 g/mol. The molecule has 0 saturated carbocycles. The summed E-state index contributed by atoms with van der Waals surface area (Å²) >= 11 is 1.62. The van der Waals surface area contributed by atoms with Crippen LogP contribution in [0.15, 0.2) is 27.6 Å². The fraction of sp³-hybridized carbons (Fsp3) is 0.429. The molecular formula is C14H19N3OS. The zero-order valence-electron chi connectivity index (χ0n) is 11.7. The van der Waals surface area contributed by atoms with Gasteiger partial charge in [-0.25, -0.2) is 0 Å². The number of thioether (sulfide) groups is 1. The van der Waals surface area contributed by atoms with E-state index >= 15 is 0 Å². The van der Waals surface area contributed by atoms with Crippen molar-refractivity contribution < 1.29 is 4.52 Å². The summed E-state index contributed by atoms with van der Waals surface area (Å²) in [5.41, 5.74) is 7.86. The summed E-state index contributed by atoms with van der Waals surface area (Å²) in [5.74, 6) is 2.01. The maximum Gasteiger partial charge on any atom is 0.237 e. The second kappa shape index (κ2) is 5.25. The molecule has 0 aliphatic rings. The zero-order chi connectivity index (χ0) is 14.0. The molecule has 0 radical (unpaired) electrons. The molecule has 0 atom stereocenters. The number of rotatable bonds is 3. The zero-order valence-corrected chi connectivity index (χ0v) is 12.5. The van der Waals surface area contributed by atoms with Crippen molar-refractivity contribution in [1.29, 1.82) is 0 Å². The molecule has 102 valence electrons. The van der Waals surface area contributed by atoms with Crippen LogP contribution in [0.2, 0.25) is 0 Å². The van der Waals surface area contributed by atoms with E-state index in [2.05, 4.69) is 30.9 Å². The van der Waals surface area contributed by atoms with Crippen LogP contribution in [-0.2, 0) is 11.2 Å². The minimum Gasteiger partial charge on any atom is -0.398 e. The average Bonchev–Trinajstić information content (AvgIpc) is 2.79. The van der Waals surface area contributed by atoms with Crippen LogP contribution >= 0.6 is 11.8 Å². The number of nitrogen functional groups attached to an aromatic ring is 1. The molecule has 0 aliphatic carbocycles. The molecule has 0 unspecified atom stereocenters. The Bertz CT molecular complexity index is 572. The van der Waals surface area contributed by atoms with E-state index in [1.54, 1.807) is 11.8 Å². The van der Waals surface area contributed by atoms with E-state index in [1.165, 1.54) is 0 Å². The first-order valence-corrected chi connectivity index (χ1v) is 7.17. The van der Waals surface area contributed by atoms with Crippen molar-refractivity contribution in [3.8, 4) is 0 Å². The van der Waals surface area contributed by atoms with Crippen molar-refractivity contribution in [3.05, 3.63) is 35.5 Å². The minimum absolute atomic E-state index is 0.0885. The summed E-state index contributed by atoms with van der Waals surface area (Å²) in [6.45, 7) is 8.19. The molecule has 1 aromatic carbocycles. The van der Waals surface area contributed by atoms with E-state index in [0.29, 0.717) is 11.6 Å².